The lowest BCUT2D eigenvalue weighted by atomic mass is 10.1. The molecule has 0 spiro atoms. The summed E-state index contributed by atoms with van der Waals surface area (Å²) in [7, 11) is 0. The van der Waals surface area contributed by atoms with Gasteiger partial charge in [0.25, 0.3) is 0 Å². The van der Waals surface area contributed by atoms with E-state index in [0.717, 1.165) is 22.3 Å². The molecular weight excluding hydrogens is 407 g/mol. The number of fused-ring (bicyclic) bond motifs is 1. The monoisotopic (exact) mass is 424 g/mol. The lowest BCUT2D eigenvalue weighted by Crippen LogP contribution is -3.00. The van der Waals surface area contributed by atoms with Crippen molar-refractivity contribution >= 4 is 11.3 Å². The molecule has 0 aliphatic carbocycles. The van der Waals surface area contributed by atoms with Gasteiger partial charge in [-0.05, 0) is 43.3 Å². The van der Waals surface area contributed by atoms with Gasteiger partial charge in [0.2, 0.25) is 18.0 Å². The largest absolute Gasteiger partial charge is 1.00 e. The smallest absolute Gasteiger partial charge is 0.237 e. The summed E-state index contributed by atoms with van der Waals surface area (Å²) in [5, 5.41) is 0. The van der Waals surface area contributed by atoms with Gasteiger partial charge in [0.05, 0.1) is 6.20 Å². The summed E-state index contributed by atoms with van der Waals surface area (Å²) in [5.41, 5.74) is 4.53. The molecule has 0 bridgehead atoms. The molecule has 2 heterocycles. The Morgan fingerprint density at radius 3 is 2.41 bits per heavy atom. The molecule has 4 aromatic rings. The van der Waals surface area contributed by atoms with Crippen LogP contribution in [0.15, 0.2) is 79.3 Å². The number of halogens is 2. The van der Waals surface area contributed by atoms with Crippen LogP contribution >= 0.6 is 0 Å². The third-order valence-corrected chi connectivity index (χ3v) is 4.52. The number of Topliss-reactive ketones (excluding diaryl/α,β-unsaturated/α-hetero) is 1. The van der Waals surface area contributed by atoms with Gasteiger partial charge < -0.3 is 21.4 Å². The standard InChI is InChI=1S/C22H18FN2O.BrH/c1-16-4-6-17(7-5-16)21(26)15-25-14-13-24-12-2-3-20(24)22(25)18-8-10-19(23)11-9-18;/h2-14H,15H2,1H3;1H/q+1;/p-1. The van der Waals surface area contributed by atoms with Gasteiger partial charge in [-0.1, -0.05) is 29.8 Å². The molecule has 0 atom stereocenters. The molecule has 0 fully saturated rings. The van der Waals surface area contributed by atoms with E-state index in [1.54, 1.807) is 12.1 Å². The Bertz CT molecular complexity index is 1090. The fourth-order valence-electron chi connectivity index (χ4n) is 3.14. The molecule has 0 N–H and O–H groups in total. The van der Waals surface area contributed by atoms with Crippen molar-refractivity contribution < 1.29 is 30.7 Å². The van der Waals surface area contributed by atoms with Crippen molar-refractivity contribution in [2.45, 2.75) is 13.5 Å². The zero-order valence-electron chi connectivity index (χ0n) is 14.8. The fraction of sp³-hybridized carbons (Fsp3) is 0.0909. The van der Waals surface area contributed by atoms with Gasteiger partial charge in [0.15, 0.2) is 6.20 Å². The van der Waals surface area contributed by atoms with Gasteiger partial charge >= 0.3 is 0 Å². The maximum absolute atomic E-state index is 13.4. The molecule has 3 nitrogen and oxygen atoms in total. The van der Waals surface area contributed by atoms with Crippen LogP contribution in [0.25, 0.3) is 16.8 Å². The summed E-state index contributed by atoms with van der Waals surface area (Å²) in [6.07, 6.45) is 5.76. The van der Waals surface area contributed by atoms with Crippen LogP contribution in [0.4, 0.5) is 4.39 Å². The molecular formula is C22H18BrFN2O. The van der Waals surface area contributed by atoms with Gasteiger partial charge in [-0.2, -0.15) is 4.57 Å². The molecule has 27 heavy (non-hydrogen) atoms. The van der Waals surface area contributed by atoms with Crippen molar-refractivity contribution in [1.29, 1.82) is 0 Å². The van der Waals surface area contributed by atoms with Crippen LogP contribution in [0, 0.1) is 12.7 Å². The number of hydrogen-bond donors (Lipinski definition) is 0. The first kappa shape index (κ1) is 19.0. The predicted octanol–water partition coefficient (Wildman–Crippen LogP) is 1.23. The third kappa shape index (κ3) is 3.83. The molecule has 2 aromatic carbocycles. The van der Waals surface area contributed by atoms with Crippen molar-refractivity contribution in [3.05, 3.63) is 96.2 Å². The average molecular weight is 425 g/mol. The van der Waals surface area contributed by atoms with E-state index in [1.807, 2.05) is 70.9 Å². The number of benzene rings is 2. The van der Waals surface area contributed by atoms with Crippen molar-refractivity contribution in [2.75, 3.05) is 0 Å². The normalized spacial score (nSPS) is 10.6. The highest BCUT2D eigenvalue weighted by Gasteiger charge is 2.21. The number of rotatable bonds is 4. The van der Waals surface area contributed by atoms with E-state index < -0.39 is 0 Å². The Hall–Kier alpha value is -2.79. The number of aryl methyl sites for hydroxylation is 1. The number of hydrogen-bond acceptors (Lipinski definition) is 1. The highest BCUT2D eigenvalue weighted by molar-refractivity contribution is 5.95. The quantitative estimate of drug-likeness (QED) is 0.357. The van der Waals surface area contributed by atoms with Gasteiger partial charge in [-0.3, -0.25) is 4.79 Å². The van der Waals surface area contributed by atoms with Crippen LogP contribution in [0.1, 0.15) is 15.9 Å². The Kier molecular flexibility index (Phi) is 5.51. The van der Waals surface area contributed by atoms with Crippen LogP contribution in [0.2, 0.25) is 0 Å². The van der Waals surface area contributed by atoms with Crippen molar-refractivity contribution in [3.8, 4) is 11.3 Å². The van der Waals surface area contributed by atoms with Crippen LogP contribution in [0.5, 0.6) is 0 Å². The van der Waals surface area contributed by atoms with Crippen molar-refractivity contribution in [3.63, 3.8) is 0 Å². The van der Waals surface area contributed by atoms with Gasteiger partial charge in [-0.25, -0.2) is 4.39 Å². The van der Waals surface area contributed by atoms with E-state index in [-0.39, 0.29) is 35.1 Å². The Labute approximate surface area is 167 Å². The maximum Gasteiger partial charge on any atom is 0.237 e. The maximum atomic E-state index is 13.4. The lowest BCUT2D eigenvalue weighted by Gasteiger charge is -2.07. The fourth-order valence-corrected chi connectivity index (χ4v) is 3.14. The number of aromatic nitrogens is 2. The highest BCUT2D eigenvalue weighted by Crippen LogP contribution is 2.22. The zero-order valence-corrected chi connectivity index (χ0v) is 16.4. The minimum Gasteiger partial charge on any atom is -1.00 e. The van der Waals surface area contributed by atoms with E-state index in [9.17, 15) is 9.18 Å². The summed E-state index contributed by atoms with van der Waals surface area (Å²) in [6.45, 7) is 2.22. The number of nitrogens with zero attached hydrogens (tertiary/aromatic N) is 2. The van der Waals surface area contributed by atoms with Crippen LogP contribution in [0.3, 0.4) is 0 Å². The first-order valence-electron chi connectivity index (χ1n) is 8.47. The van der Waals surface area contributed by atoms with E-state index >= 15 is 0 Å². The van der Waals surface area contributed by atoms with Crippen LogP contribution in [-0.2, 0) is 6.54 Å². The molecule has 0 aliphatic rings. The minimum atomic E-state index is -0.279. The molecule has 136 valence electrons. The summed E-state index contributed by atoms with van der Waals surface area (Å²) in [5.74, 6) is -0.243. The molecule has 0 aliphatic heterocycles. The van der Waals surface area contributed by atoms with E-state index in [0.29, 0.717) is 5.56 Å². The molecule has 5 heteroatoms. The number of ketones is 1. The SMILES string of the molecule is Cc1ccc(C(=O)C[n+]2ccn3cccc3c2-c2ccc(F)cc2)cc1.[Br-]. The van der Waals surface area contributed by atoms with Gasteiger partial charge in [0.1, 0.15) is 11.3 Å². The van der Waals surface area contributed by atoms with Crippen LogP contribution < -0.4 is 21.5 Å². The van der Waals surface area contributed by atoms with Crippen LogP contribution in [-0.4, -0.2) is 10.2 Å². The first-order chi connectivity index (χ1) is 12.6. The summed E-state index contributed by atoms with van der Waals surface area (Å²) in [6, 6.07) is 17.9. The number of carbonyl (C=O) groups excluding carboxylic acids is 1. The van der Waals surface area contributed by atoms with Gasteiger partial charge in [-0.15, -0.1) is 0 Å². The van der Waals surface area contributed by atoms with Gasteiger partial charge in [0, 0.05) is 17.3 Å². The van der Waals surface area contributed by atoms with E-state index in [1.165, 1.54) is 12.1 Å². The summed E-state index contributed by atoms with van der Waals surface area (Å²) >= 11 is 0. The van der Waals surface area contributed by atoms with Crippen molar-refractivity contribution in [2.24, 2.45) is 0 Å². The minimum absolute atomic E-state index is 0. The molecule has 0 saturated carbocycles. The molecule has 0 amide bonds. The molecule has 0 saturated heterocycles. The molecule has 4 rings (SSSR count). The Balaban J connectivity index is 0.00000210. The van der Waals surface area contributed by atoms with E-state index in [4.69, 9.17) is 0 Å². The van der Waals surface area contributed by atoms with E-state index in [2.05, 4.69) is 0 Å². The predicted molar refractivity (Wildman–Crippen MR) is 98.5 cm³/mol. The summed E-state index contributed by atoms with van der Waals surface area (Å²) in [4.78, 5) is 12.7. The molecule has 0 radical (unpaired) electrons. The second kappa shape index (κ2) is 7.84. The Morgan fingerprint density at radius 2 is 1.70 bits per heavy atom. The average Bonchev–Trinajstić information content (AvgIpc) is 3.12. The first-order valence-corrected chi connectivity index (χ1v) is 8.47. The molecule has 0 unspecified atom stereocenters. The topological polar surface area (TPSA) is 25.4 Å². The third-order valence-electron chi connectivity index (χ3n) is 4.52. The summed E-state index contributed by atoms with van der Waals surface area (Å²) < 4.78 is 17.3. The lowest BCUT2D eigenvalue weighted by molar-refractivity contribution is -0.671. The molecule has 2 aromatic heterocycles. The highest BCUT2D eigenvalue weighted by atomic mass is 79.9. The second-order valence-corrected chi connectivity index (χ2v) is 6.37. The van der Waals surface area contributed by atoms with Crippen molar-refractivity contribution in [1.82, 2.24) is 4.40 Å². The second-order valence-electron chi connectivity index (χ2n) is 6.37. The zero-order chi connectivity index (χ0) is 18.1. The number of carbonyl (C=O) groups is 1. The Morgan fingerprint density at radius 1 is 1.00 bits per heavy atom.